The fourth-order valence-corrected chi connectivity index (χ4v) is 4.83. The molecule has 22 heavy (non-hydrogen) atoms. The van der Waals surface area contributed by atoms with Crippen molar-refractivity contribution in [2.75, 3.05) is 13.1 Å². The number of nitrogens with zero attached hydrogens (tertiary/aromatic N) is 4. The van der Waals surface area contributed by atoms with Gasteiger partial charge in [-0.2, -0.15) is 14.5 Å². The lowest BCUT2D eigenvalue weighted by Gasteiger charge is -2.39. The molecule has 3 rings (SSSR count). The molecule has 1 saturated heterocycles. The molecule has 0 aromatic carbocycles. The van der Waals surface area contributed by atoms with Gasteiger partial charge in [-0.05, 0) is 25.3 Å². The van der Waals surface area contributed by atoms with Gasteiger partial charge in [0.15, 0.2) is 0 Å². The standard InChI is InChI=1S/C14H21N5O2S/c1-11-7-15-17-13(11)14(2)5-4-6-19(10-14)22(20,21)12-8-16-18(3)9-12/h7-9H,4-6,10H2,1-3H3,(H,15,17). The number of hydrogen-bond donors (Lipinski definition) is 1. The van der Waals surface area contributed by atoms with Crippen LogP contribution in [0.15, 0.2) is 23.5 Å². The summed E-state index contributed by atoms with van der Waals surface area (Å²) in [4.78, 5) is 0.251. The highest BCUT2D eigenvalue weighted by atomic mass is 32.2. The van der Waals surface area contributed by atoms with Crippen LogP contribution >= 0.6 is 0 Å². The smallest absolute Gasteiger partial charge is 0.246 e. The van der Waals surface area contributed by atoms with E-state index in [1.165, 1.54) is 10.9 Å². The van der Waals surface area contributed by atoms with E-state index in [-0.39, 0.29) is 10.3 Å². The predicted octanol–water partition coefficient (Wildman–Crippen LogP) is 1.19. The Hall–Kier alpha value is -1.67. The molecule has 2 aromatic rings. The molecular weight excluding hydrogens is 302 g/mol. The quantitative estimate of drug-likeness (QED) is 0.920. The van der Waals surface area contributed by atoms with Crippen LogP contribution in [0, 0.1) is 6.92 Å². The number of sulfonamides is 1. The average Bonchev–Trinajstić information content (AvgIpc) is 3.08. The predicted molar refractivity (Wildman–Crippen MR) is 81.9 cm³/mol. The molecule has 1 fully saturated rings. The number of aryl methyl sites for hydroxylation is 2. The van der Waals surface area contributed by atoms with Crippen LogP contribution in [0.1, 0.15) is 31.0 Å². The van der Waals surface area contributed by atoms with Crippen LogP contribution in [0.3, 0.4) is 0 Å². The Bertz CT molecular complexity index is 779. The molecule has 2 aromatic heterocycles. The molecule has 0 spiro atoms. The summed E-state index contributed by atoms with van der Waals surface area (Å²) < 4.78 is 28.7. The molecule has 8 heteroatoms. The first-order valence-electron chi connectivity index (χ1n) is 7.32. The van der Waals surface area contributed by atoms with Crippen molar-refractivity contribution >= 4 is 10.0 Å². The molecule has 7 nitrogen and oxygen atoms in total. The Morgan fingerprint density at radius 1 is 1.36 bits per heavy atom. The fraction of sp³-hybridized carbons (Fsp3) is 0.571. The molecule has 1 unspecified atom stereocenters. The Morgan fingerprint density at radius 2 is 2.14 bits per heavy atom. The summed E-state index contributed by atoms with van der Waals surface area (Å²) in [6, 6.07) is 0. The normalized spacial score (nSPS) is 23.8. The molecular formula is C14H21N5O2S. The van der Waals surface area contributed by atoms with Crippen molar-refractivity contribution in [3.8, 4) is 0 Å². The SMILES string of the molecule is Cc1cn[nH]c1C1(C)CCCN(S(=O)(=O)c2cnn(C)c2)C1. The van der Waals surface area contributed by atoms with E-state index >= 15 is 0 Å². The molecule has 1 aliphatic heterocycles. The molecule has 1 aliphatic rings. The zero-order valence-electron chi connectivity index (χ0n) is 13.1. The van der Waals surface area contributed by atoms with Crippen molar-refractivity contribution in [1.82, 2.24) is 24.3 Å². The van der Waals surface area contributed by atoms with E-state index in [2.05, 4.69) is 22.2 Å². The van der Waals surface area contributed by atoms with Crippen LogP contribution in [0.5, 0.6) is 0 Å². The molecule has 0 radical (unpaired) electrons. The van der Waals surface area contributed by atoms with Gasteiger partial charge in [0, 0.05) is 37.4 Å². The van der Waals surface area contributed by atoms with Gasteiger partial charge in [0.1, 0.15) is 4.90 Å². The number of piperidine rings is 1. The lowest BCUT2D eigenvalue weighted by molar-refractivity contribution is 0.235. The van der Waals surface area contributed by atoms with Gasteiger partial charge in [0.05, 0.1) is 12.4 Å². The average molecular weight is 323 g/mol. The van der Waals surface area contributed by atoms with Gasteiger partial charge < -0.3 is 0 Å². The van der Waals surface area contributed by atoms with Crippen molar-refractivity contribution in [1.29, 1.82) is 0 Å². The highest BCUT2D eigenvalue weighted by Crippen LogP contribution is 2.36. The molecule has 120 valence electrons. The zero-order chi connectivity index (χ0) is 16.0. The molecule has 0 saturated carbocycles. The number of rotatable bonds is 3. The second kappa shape index (κ2) is 5.20. The Morgan fingerprint density at radius 3 is 2.73 bits per heavy atom. The third kappa shape index (κ3) is 2.46. The van der Waals surface area contributed by atoms with Crippen molar-refractivity contribution in [3.63, 3.8) is 0 Å². The van der Waals surface area contributed by atoms with Gasteiger partial charge in [-0.25, -0.2) is 8.42 Å². The van der Waals surface area contributed by atoms with Crippen molar-refractivity contribution in [2.24, 2.45) is 7.05 Å². The maximum atomic E-state index is 12.8. The first-order valence-corrected chi connectivity index (χ1v) is 8.76. The van der Waals surface area contributed by atoms with E-state index in [9.17, 15) is 8.42 Å². The fourth-order valence-electron chi connectivity index (χ4n) is 3.24. The van der Waals surface area contributed by atoms with Crippen LogP contribution in [-0.4, -0.2) is 45.8 Å². The number of aromatic amines is 1. The van der Waals surface area contributed by atoms with Gasteiger partial charge in [0.2, 0.25) is 10.0 Å². The monoisotopic (exact) mass is 323 g/mol. The number of H-pyrrole nitrogens is 1. The third-order valence-corrected chi connectivity index (χ3v) is 6.21. The van der Waals surface area contributed by atoms with Crippen LogP contribution < -0.4 is 0 Å². The van der Waals surface area contributed by atoms with Crippen molar-refractivity contribution in [3.05, 3.63) is 29.8 Å². The molecule has 1 N–H and O–H groups in total. The van der Waals surface area contributed by atoms with Gasteiger partial charge in [-0.1, -0.05) is 6.92 Å². The van der Waals surface area contributed by atoms with E-state index in [4.69, 9.17) is 0 Å². The Kier molecular flexibility index (Phi) is 3.60. The van der Waals surface area contributed by atoms with Crippen LogP contribution in [-0.2, 0) is 22.5 Å². The maximum absolute atomic E-state index is 12.8. The van der Waals surface area contributed by atoms with Gasteiger partial charge in [-0.3, -0.25) is 9.78 Å². The minimum Gasteiger partial charge on any atom is -0.282 e. The Labute approximate surface area is 130 Å². The molecule has 0 amide bonds. The van der Waals surface area contributed by atoms with Crippen LogP contribution in [0.2, 0.25) is 0 Å². The second-order valence-electron chi connectivity index (χ2n) is 6.28. The van der Waals surface area contributed by atoms with Gasteiger partial charge >= 0.3 is 0 Å². The van der Waals surface area contributed by atoms with Crippen molar-refractivity contribution in [2.45, 2.75) is 37.0 Å². The summed E-state index contributed by atoms with van der Waals surface area (Å²) in [6.07, 6.45) is 6.50. The number of aromatic nitrogens is 4. The highest BCUT2D eigenvalue weighted by Gasteiger charge is 2.40. The summed E-state index contributed by atoms with van der Waals surface area (Å²) in [7, 11) is -1.78. The van der Waals surface area contributed by atoms with Crippen LogP contribution in [0.25, 0.3) is 0 Å². The van der Waals surface area contributed by atoms with E-state index in [0.717, 1.165) is 24.1 Å². The highest BCUT2D eigenvalue weighted by molar-refractivity contribution is 7.89. The third-order valence-electron chi connectivity index (χ3n) is 4.41. The van der Waals surface area contributed by atoms with E-state index in [0.29, 0.717) is 13.1 Å². The summed E-state index contributed by atoms with van der Waals surface area (Å²) in [5.41, 5.74) is 1.86. The van der Waals surface area contributed by atoms with Crippen molar-refractivity contribution < 1.29 is 8.42 Å². The molecule has 0 bridgehead atoms. The Balaban J connectivity index is 1.92. The van der Waals surface area contributed by atoms with Gasteiger partial charge in [0.25, 0.3) is 0 Å². The summed E-state index contributed by atoms with van der Waals surface area (Å²) in [5, 5.41) is 11.1. The largest absolute Gasteiger partial charge is 0.282 e. The van der Waals surface area contributed by atoms with Gasteiger partial charge in [-0.15, -0.1) is 0 Å². The zero-order valence-corrected chi connectivity index (χ0v) is 13.9. The maximum Gasteiger partial charge on any atom is 0.246 e. The first-order chi connectivity index (χ1) is 10.3. The lowest BCUT2D eigenvalue weighted by atomic mass is 9.78. The molecule has 1 atom stereocenters. The lowest BCUT2D eigenvalue weighted by Crippen LogP contribution is -2.47. The second-order valence-corrected chi connectivity index (χ2v) is 8.22. The number of nitrogens with one attached hydrogen (secondary N) is 1. The minimum absolute atomic E-state index is 0.242. The first kappa shape index (κ1) is 15.2. The summed E-state index contributed by atoms with van der Waals surface area (Å²) >= 11 is 0. The molecule has 0 aliphatic carbocycles. The molecule has 3 heterocycles. The van der Waals surface area contributed by atoms with Crippen LogP contribution in [0.4, 0.5) is 0 Å². The summed E-state index contributed by atoms with van der Waals surface area (Å²) in [5.74, 6) is 0. The van der Waals surface area contributed by atoms with E-state index in [1.54, 1.807) is 23.7 Å². The van der Waals surface area contributed by atoms with E-state index in [1.807, 2.05) is 6.92 Å². The topological polar surface area (TPSA) is 83.9 Å². The summed E-state index contributed by atoms with van der Waals surface area (Å²) in [6.45, 7) is 5.09. The minimum atomic E-state index is -3.50. The number of hydrogen-bond acceptors (Lipinski definition) is 4. The van der Waals surface area contributed by atoms with E-state index < -0.39 is 10.0 Å².